The number of fused-ring (bicyclic) bond motifs is 5. The first-order valence-electron chi connectivity index (χ1n) is 14.0. The number of hydrogen-bond donors (Lipinski definition) is 0. The predicted octanol–water partition coefficient (Wildman–Crippen LogP) is 6.33. The quantitative estimate of drug-likeness (QED) is 0.212. The van der Waals surface area contributed by atoms with Crippen molar-refractivity contribution < 1.29 is 23.9 Å². The van der Waals surface area contributed by atoms with Gasteiger partial charge >= 0.3 is 0 Å². The Bertz CT molecular complexity index is 1770. The average Bonchev–Trinajstić information content (AvgIpc) is 3.46. The van der Waals surface area contributed by atoms with Crippen molar-refractivity contribution in [3.63, 3.8) is 0 Å². The van der Waals surface area contributed by atoms with Crippen LogP contribution in [0.1, 0.15) is 53.7 Å². The lowest BCUT2D eigenvalue weighted by atomic mass is 9.64. The van der Waals surface area contributed by atoms with Crippen LogP contribution in [-0.4, -0.2) is 43.7 Å². The van der Waals surface area contributed by atoms with Crippen molar-refractivity contribution in [2.45, 2.75) is 24.9 Å². The van der Waals surface area contributed by atoms with Crippen LogP contribution in [0.4, 0.5) is 5.69 Å². The van der Waals surface area contributed by atoms with Crippen molar-refractivity contribution in [1.82, 2.24) is 0 Å². The summed E-state index contributed by atoms with van der Waals surface area (Å²) < 4.78 is 11.4. The molecule has 0 unspecified atom stereocenters. The number of hydrogen-bond acceptors (Lipinski definition) is 6. The first-order chi connectivity index (χ1) is 20.4. The van der Waals surface area contributed by atoms with Crippen LogP contribution in [0, 0.1) is 12.3 Å². The smallest absolute Gasteiger partial charge is 0.185 e. The van der Waals surface area contributed by atoms with E-state index in [1.54, 1.807) is 62.8 Å². The van der Waals surface area contributed by atoms with Crippen LogP contribution < -0.4 is 14.4 Å². The monoisotopic (exact) mass is 555 g/mol. The van der Waals surface area contributed by atoms with E-state index in [0.29, 0.717) is 33.8 Å². The van der Waals surface area contributed by atoms with Gasteiger partial charge in [0, 0.05) is 39.9 Å². The molecule has 7 rings (SSSR count). The fourth-order valence-electron chi connectivity index (χ4n) is 7.29. The van der Waals surface area contributed by atoms with E-state index in [1.165, 1.54) is 0 Å². The van der Waals surface area contributed by atoms with Crippen molar-refractivity contribution in [3.05, 3.63) is 130 Å². The highest BCUT2D eigenvalue weighted by molar-refractivity contribution is 6.32. The Morgan fingerprint density at radius 3 is 2.17 bits per heavy atom. The van der Waals surface area contributed by atoms with E-state index < -0.39 is 23.4 Å². The zero-order valence-electron chi connectivity index (χ0n) is 23.5. The predicted molar refractivity (Wildman–Crippen MR) is 161 cm³/mol. The molecule has 1 fully saturated rings. The molecule has 1 spiro atoms. The Labute approximate surface area is 244 Å². The summed E-state index contributed by atoms with van der Waals surface area (Å²) in [6.07, 6.45) is 3.91. The Balaban J connectivity index is 1.57. The van der Waals surface area contributed by atoms with Gasteiger partial charge in [-0.3, -0.25) is 14.4 Å². The van der Waals surface area contributed by atoms with Crippen molar-refractivity contribution in [3.8, 4) is 11.5 Å². The van der Waals surface area contributed by atoms with Gasteiger partial charge in [-0.1, -0.05) is 84.4 Å². The van der Waals surface area contributed by atoms with Crippen LogP contribution in [-0.2, 0) is 0 Å². The van der Waals surface area contributed by atoms with Crippen molar-refractivity contribution in [1.29, 1.82) is 0 Å². The molecule has 0 aromatic heterocycles. The van der Waals surface area contributed by atoms with Gasteiger partial charge in [-0.15, -0.1) is 0 Å². The summed E-state index contributed by atoms with van der Waals surface area (Å²) in [5, 5.41) is 0. The maximum absolute atomic E-state index is 14.8. The van der Waals surface area contributed by atoms with Gasteiger partial charge in [0.15, 0.2) is 17.3 Å². The van der Waals surface area contributed by atoms with Crippen LogP contribution >= 0.6 is 0 Å². The van der Waals surface area contributed by atoms with E-state index in [1.807, 2.05) is 60.4 Å². The first kappa shape index (κ1) is 26.0. The lowest BCUT2D eigenvalue weighted by Crippen LogP contribution is -2.48. The van der Waals surface area contributed by atoms with Gasteiger partial charge in [-0.2, -0.15) is 0 Å². The van der Waals surface area contributed by atoms with Gasteiger partial charge in [-0.05, 0) is 30.7 Å². The molecule has 0 N–H and O–H groups in total. The van der Waals surface area contributed by atoms with Crippen LogP contribution in [0.15, 0.2) is 97.1 Å². The maximum atomic E-state index is 14.8. The highest BCUT2D eigenvalue weighted by atomic mass is 16.5. The zero-order valence-corrected chi connectivity index (χ0v) is 23.5. The summed E-state index contributed by atoms with van der Waals surface area (Å²) in [6, 6.07) is 25.9. The second-order valence-corrected chi connectivity index (χ2v) is 11.1. The number of ether oxygens (including phenoxy) is 2. The molecule has 4 aromatic carbocycles. The third-order valence-corrected chi connectivity index (χ3v) is 9.06. The number of Topliss-reactive ketones (excluding diaryl/α,β-unsaturated/α-hetero) is 3. The summed E-state index contributed by atoms with van der Waals surface area (Å²) >= 11 is 0. The molecule has 208 valence electrons. The molecule has 0 radical (unpaired) electrons. The van der Waals surface area contributed by atoms with Gasteiger partial charge in [0.05, 0.1) is 20.3 Å². The molecule has 0 bridgehead atoms. The minimum atomic E-state index is -1.60. The van der Waals surface area contributed by atoms with E-state index in [9.17, 15) is 14.4 Å². The molecular formula is C36H29NO5. The van der Waals surface area contributed by atoms with Gasteiger partial charge in [0.25, 0.3) is 0 Å². The molecular weight excluding hydrogens is 526 g/mol. The van der Waals surface area contributed by atoms with Crippen LogP contribution in [0.25, 0.3) is 6.08 Å². The summed E-state index contributed by atoms with van der Waals surface area (Å²) in [5.74, 6) is -0.554. The van der Waals surface area contributed by atoms with Gasteiger partial charge in [0.2, 0.25) is 0 Å². The van der Waals surface area contributed by atoms with Gasteiger partial charge < -0.3 is 14.4 Å². The van der Waals surface area contributed by atoms with Crippen LogP contribution in [0.5, 0.6) is 11.5 Å². The number of rotatable bonds is 5. The summed E-state index contributed by atoms with van der Waals surface area (Å²) in [4.78, 5) is 46.4. The van der Waals surface area contributed by atoms with Gasteiger partial charge in [0.1, 0.15) is 23.0 Å². The molecule has 6 nitrogen and oxygen atoms in total. The van der Waals surface area contributed by atoms with Gasteiger partial charge in [-0.25, -0.2) is 0 Å². The molecule has 1 saturated heterocycles. The van der Waals surface area contributed by atoms with Crippen LogP contribution in [0.2, 0.25) is 0 Å². The van der Waals surface area contributed by atoms with E-state index >= 15 is 0 Å². The minimum Gasteiger partial charge on any atom is -0.497 e. The van der Waals surface area contributed by atoms with E-state index in [0.717, 1.165) is 16.8 Å². The van der Waals surface area contributed by atoms with Crippen molar-refractivity contribution >= 4 is 29.1 Å². The minimum absolute atomic E-state index is 0.168. The largest absolute Gasteiger partial charge is 0.497 e. The molecule has 2 heterocycles. The number of benzene rings is 4. The maximum Gasteiger partial charge on any atom is 0.185 e. The van der Waals surface area contributed by atoms with Crippen LogP contribution in [0.3, 0.4) is 0 Å². The SMILES string of the molecule is COc1ccc([C@@H]2[C@@H](C(=O)c3ccccc3)N3c4ccc(C)cc4C=C[C@H]3C23C(=O)c2ccccc2C3=O)c(OC)c1. The summed E-state index contributed by atoms with van der Waals surface area (Å²) in [6.45, 7) is 2.02. The second-order valence-electron chi connectivity index (χ2n) is 11.1. The molecule has 0 amide bonds. The Hall–Kier alpha value is -4.97. The molecule has 6 heteroatoms. The zero-order chi connectivity index (χ0) is 29.2. The lowest BCUT2D eigenvalue weighted by molar-refractivity contribution is 0.0665. The molecule has 2 aliphatic heterocycles. The topological polar surface area (TPSA) is 72.9 Å². The highest BCUT2D eigenvalue weighted by Gasteiger charge is 2.72. The number of methoxy groups -OCH3 is 2. The standard InChI is InChI=1S/C36H29NO5/c1-21-13-17-28-23(19-21)14-18-30-36(34(39)25-11-7-8-12-26(25)35(36)40)31(27-16-15-24(41-2)20-29(27)42-3)32(37(28)30)33(38)22-9-5-4-6-10-22/h4-20,30-32H,1-3H3/t30-,31+,32-/m0/s1. The number of aryl methyl sites for hydroxylation is 1. The Morgan fingerprint density at radius 1 is 0.810 bits per heavy atom. The fraction of sp³-hybridized carbons (Fsp3) is 0.194. The number of anilines is 1. The molecule has 1 aliphatic carbocycles. The molecule has 4 aromatic rings. The molecule has 3 aliphatic rings. The van der Waals surface area contributed by atoms with Crippen molar-refractivity contribution in [2.24, 2.45) is 5.41 Å². The van der Waals surface area contributed by atoms with E-state index in [-0.39, 0.29) is 17.3 Å². The molecule has 3 atom stereocenters. The number of nitrogens with zero attached hydrogens (tertiary/aromatic N) is 1. The van der Waals surface area contributed by atoms with E-state index in [4.69, 9.17) is 9.47 Å². The Morgan fingerprint density at radius 2 is 1.50 bits per heavy atom. The number of ketones is 3. The molecule has 0 saturated carbocycles. The highest BCUT2D eigenvalue weighted by Crippen LogP contribution is 2.62. The average molecular weight is 556 g/mol. The molecule has 42 heavy (non-hydrogen) atoms. The first-order valence-corrected chi connectivity index (χ1v) is 14.0. The normalized spacial score (nSPS) is 21.2. The number of carbonyl (C=O) groups is 3. The third kappa shape index (κ3) is 3.41. The number of carbonyl (C=O) groups excluding carboxylic acids is 3. The van der Waals surface area contributed by atoms with E-state index in [2.05, 4.69) is 6.07 Å². The summed E-state index contributed by atoms with van der Waals surface area (Å²) in [5.41, 5.74) is 3.11. The third-order valence-electron chi connectivity index (χ3n) is 9.06. The lowest BCUT2D eigenvalue weighted by Gasteiger charge is -2.37. The second kappa shape index (κ2) is 9.55. The fourth-order valence-corrected chi connectivity index (χ4v) is 7.29. The van der Waals surface area contributed by atoms with Crippen molar-refractivity contribution in [2.75, 3.05) is 19.1 Å². The summed E-state index contributed by atoms with van der Waals surface area (Å²) in [7, 11) is 3.12. The Kier molecular flexibility index (Phi) is 5.91.